The van der Waals surface area contributed by atoms with Crippen LogP contribution in [0.25, 0.3) is 19.4 Å². The standard InChI is InChI=1S/2C23H26BN3O4.C17H15BN3O2.C17H14BrN3O2.C12H24B2O4.H2O.49H2/c2*1-22(2)23(3,4)31-24(30-22)18-9-8-17(14-16(18)15-28)29-20-11-10-19(25-5)21(26-20)27-12-6-7-13-27;1-19-15-6-7-16(20-17(15)21-8-2-3-9-21)23-13-4-5-14-12(10-13)11-22-18-14;1-19-15-6-7-16(20-17(15)21-8-2-3-9-21)23-13-4-5-14(18)12(10-13)11-22;1-9(2)10(3,4)16-13(15-9)14-17-11(5,6)12(7,8)18-14;;;;;;;;;;;;;;;;;;;;;;;;;;;;;;;;;;;;;;;;;;;;;;;;;;/h2*8-11,14-15H,6-7,12-13H2,1-4H3;4-7,10H,2-3,8-9,11H2;4-7,10-11H,2-3,8-9H2;1-8H3;1H2;49*1H/i;;;;;;48*1+1D;1+1. The highest BCUT2D eigenvalue weighted by Crippen LogP contribution is 2.46. The third-order valence-electron chi connectivity index (χ3n) is 25.1. The number of rotatable bonds is 18. The maximum absolute atomic E-state index is 11.8. The van der Waals surface area contributed by atoms with Gasteiger partial charge in [0.05, 0.1) is 77.7 Å². The van der Waals surface area contributed by atoms with E-state index in [0.717, 1.165) is 145 Å². The molecule has 8 fully saturated rings. The number of aldehydes is 3. The molecular formula is C92H205B5BrN12O17. The smallest absolute Gasteiger partial charge is 0.439 e. The number of fused-ring (bicyclic) bond motifs is 1. The van der Waals surface area contributed by atoms with Gasteiger partial charge in [-0.15, -0.1) is 0 Å². The van der Waals surface area contributed by atoms with Crippen LogP contribution in [0.2, 0.25) is 0 Å². The van der Waals surface area contributed by atoms with E-state index in [0.29, 0.717) is 120 Å². The number of carbonyl (C=O) groups is 3. The lowest BCUT2D eigenvalue weighted by Gasteiger charge is -2.32. The Labute approximate surface area is 904 Å². The monoisotopic (exact) mass is 1980 g/mol. The minimum absolute atomic E-state index is 0. The van der Waals surface area contributed by atoms with Crippen molar-refractivity contribution in [3.63, 3.8) is 0 Å². The number of hydrogen-bond acceptors (Lipinski definition) is 24. The van der Waals surface area contributed by atoms with Crippen LogP contribution in [-0.2, 0) is 48.5 Å². The number of halogens is 1. The third-order valence-corrected chi connectivity index (χ3v) is 25.8. The van der Waals surface area contributed by atoms with Gasteiger partial charge in [-0.05, 0) is 287 Å². The fourth-order valence-electron chi connectivity index (χ4n) is 15.0. The normalized spacial score (nSPS) is 22.3. The lowest BCUT2D eigenvalue weighted by molar-refractivity contribution is 0.00578. The Morgan fingerprint density at radius 3 is 0.921 bits per heavy atom. The van der Waals surface area contributed by atoms with Crippen LogP contribution in [-0.4, -0.2) is 177 Å². The van der Waals surface area contributed by atoms with Crippen LogP contribution in [0.15, 0.2) is 126 Å². The largest absolute Gasteiger partial charge is 0.495 e. The van der Waals surface area contributed by atoms with Crippen molar-refractivity contribution in [1.82, 2.24) is 19.9 Å². The van der Waals surface area contributed by atoms with Crippen molar-refractivity contribution in [2.24, 2.45) is 0 Å². The van der Waals surface area contributed by atoms with Gasteiger partial charge < -0.3 is 85.9 Å². The molecule has 0 aliphatic carbocycles. The topological polar surface area (TPSA) is 285 Å². The van der Waals surface area contributed by atoms with Gasteiger partial charge in [0.2, 0.25) is 46.3 Å². The number of hydrogen-bond donors (Lipinski definition) is 0. The Balaban J connectivity index is -0.0000000472. The second kappa shape index (κ2) is 39.5. The van der Waals surface area contributed by atoms with Gasteiger partial charge in [0, 0.05) is 217 Å². The molecule has 8 saturated heterocycles. The molecule has 4 aromatic heterocycles. The van der Waals surface area contributed by atoms with Gasteiger partial charge in [-0.2, -0.15) is 0 Å². The highest BCUT2D eigenvalue weighted by molar-refractivity contribution is 9.10. The summed E-state index contributed by atoms with van der Waals surface area (Å²) in [7, 11) is -0.450. The molecule has 0 atom stereocenters. The first-order valence-electron chi connectivity index (χ1n) is 90.6. The predicted octanol–water partition coefficient (Wildman–Crippen LogP) is 29.2. The molecule has 13 heterocycles. The first kappa shape index (κ1) is 50.3. The average molecular weight is 1980 g/mol. The van der Waals surface area contributed by atoms with Crippen molar-refractivity contribution in [1.29, 1.82) is 0 Å². The van der Waals surface area contributed by atoms with Crippen LogP contribution in [0.5, 0.6) is 46.5 Å². The molecule has 8 aromatic rings. The van der Waals surface area contributed by atoms with Crippen LogP contribution >= 0.6 is 15.9 Å². The molecule has 29 nitrogen and oxygen atoms in total. The zero-order valence-corrected chi connectivity index (χ0v) is 76.5. The Morgan fingerprint density at radius 1 is 0.378 bits per heavy atom. The van der Waals surface area contributed by atoms with E-state index < -0.39 is 50.7 Å². The number of aromatic nitrogens is 4. The number of ether oxygens (including phenoxy) is 4. The van der Waals surface area contributed by atoms with Gasteiger partial charge in [0.1, 0.15) is 58.8 Å². The SMILES string of the molecule is CC1(C)OB(B2OC(C)(C)C(C)(C)O2)OC1(C)C.O.[2HH].[2H][2H].[2H][2H].[2H][2H].[2H][2H].[2H][2H].[2H][2H].[2H][2H].[2H][2H].[2H][2H].[2H][2H].[2H][2H].[2H][2H].[2H][2H].[2H][2H].[2H][2H].[2H][2H].[2H][2H].[2H][2H].[2H][2H].[2H][2H].[2H][2H].[2H][2H].[2H][2H].[2H][2H].[2H][2H].[2H][2H].[2H][2H].[2H][2H].[2H][2H].[2H][2H].[2H][2H].[2H][2H].[2H][2H].[2H][2H].[2H][2H].[2H][2H].[2H][2H].[2H][2H].[2H][2H].[2H][2H].[2H][2H].[2H][2H].[2H][2H].[2H][2H].[2H][2H].[2H][2H].[2H][2H].[2H][2H].[C-]#[N+]c1ccc(Oc2ccc(B3OC(C)(C)C(C)(C)O3)c(C=O)c2)nc1N1CCCC1.[C-]#[N+]c1ccc(Oc2ccc(B3OC(C)(C)C(C)(C)O3)c(C=O)c2)nc1N1CCCC1.[C-]#[N+]c1ccc(Oc2ccc(Br)c(C=O)c2)nc1N1CCCC1.[C-]#[N+]c1ccc(Oc2ccc3c(c2)CO[B]3)nc1N1CCCC1. The summed E-state index contributed by atoms with van der Waals surface area (Å²) in [5.74, 6) is 6.63. The van der Waals surface area contributed by atoms with E-state index in [9.17, 15) is 14.4 Å². The number of anilines is 4. The average Bonchev–Trinajstić information content (AvgIpc) is 1.59. The summed E-state index contributed by atoms with van der Waals surface area (Å²) in [5.41, 5.74) is 3.64. The zero-order chi connectivity index (χ0) is 186. The summed E-state index contributed by atoms with van der Waals surface area (Å²) >= 11 is 3.31. The maximum atomic E-state index is 11.8. The third kappa shape index (κ3) is 21.7. The van der Waals surface area contributed by atoms with Crippen LogP contribution in [0.4, 0.5) is 46.0 Å². The molecule has 0 spiro atoms. The minimum Gasteiger partial charge on any atom is -0.439 e. The zero-order valence-electron chi connectivity index (χ0n) is 171. The summed E-state index contributed by atoms with van der Waals surface area (Å²) in [6, 6.07) is 35.2. The van der Waals surface area contributed by atoms with E-state index in [2.05, 4.69) is 74.8 Å². The van der Waals surface area contributed by atoms with Crippen molar-refractivity contribution in [2.45, 2.75) is 214 Å². The van der Waals surface area contributed by atoms with Crippen LogP contribution in [0.1, 0.15) is 343 Å². The molecule has 0 amide bonds. The molecule has 9 aliphatic rings. The minimum atomic E-state index is -0.628. The first-order valence-corrected chi connectivity index (χ1v) is 43.4. The number of pyridine rings is 4. The van der Waals surface area contributed by atoms with Gasteiger partial charge in [0.15, 0.2) is 6.29 Å². The number of carbonyl (C=O) groups excluding carboxylic acids is 3. The Kier molecular flexibility index (Phi) is 15.6. The first-order chi connectivity index (χ1) is 108. The molecule has 0 saturated carbocycles. The van der Waals surface area contributed by atoms with Gasteiger partial charge in [0.25, 0.3) is 0 Å². The second-order valence-electron chi connectivity index (χ2n) is 35.9. The van der Waals surface area contributed by atoms with E-state index >= 15 is 0 Å². The quantitative estimate of drug-likeness (QED) is 0.0438. The summed E-state index contributed by atoms with van der Waals surface area (Å²) < 4.78 is 558. The molecule has 757 valence electrons. The molecule has 17 rings (SSSR count). The van der Waals surface area contributed by atoms with Crippen LogP contribution in [0.3, 0.4) is 0 Å². The summed E-state index contributed by atoms with van der Waals surface area (Å²) in [6.07, 6.45) is 11.2. The van der Waals surface area contributed by atoms with Crippen molar-refractivity contribution in [2.75, 3.05) is 72.0 Å². The maximum Gasteiger partial charge on any atom is 0.495 e. The van der Waals surface area contributed by atoms with Gasteiger partial charge in [-0.25, -0.2) is 39.3 Å². The second-order valence-corrected chi connectivity index (χ2v) is 36.8. The van der Waals surface area contributed by atoms with E-state index in [1.54, 1.807) is 111 Å². The molecule has 9 aliphatic heterocycles. The highest BCUT2D eigenvalue weighted by atomic mass is 79.9. The lowest BCUT2D eigenvalue weighted by Crippen LogP contribution is -2.41. The van der Waals surface area contributed by atoms with E-state index in [4.69, 9.17) is 230 Å². The van der Waals surface area contributed by atoms with Crippen molar-refractivity contribution < 1.29 is 225 Å². The number of nitrogens with zero attached hydrogens (tertiary/aromatic N) is 12. The van der Waals surface area contributed by atoms with E-state index in [-0.39, 0.29) is 29.3 Å². The molecule has 0 bridgehead atoms. The lowest BCUT2D eigenvalue weighted by atomic mass is 9.49. The molecule has 4 aromatic carbocycles. The Bertz CT molecular complexity index is 5480. The Hall–Kier alpha value is -10.7. The molecule has 1 radical (unpaired) electrons. The van der Waals surface area contributed by atoms with E-state index in [1.165, 1.54) is 0 Å². The summed E-state index contributed by atoms with van der Waals surface area (Å²) in [6.45, 7) is 69.3. The van der Waals surface area contributed by atoms with Crippen LogP contribution < -0.4 is 54.9 Å². The summed E-state index contributed by atoms with van der Waals surface area (Å²) in [5, 5.41) is 0. The van der Waals surface area contributed by atoms with Crippen LogP contribution in [0, 0.1) is 26.3 Å². The predicted molar refractivity (Wildman–Crippen MR) is 599 cm³/mol. The van der Waals surface area contributed by atoms with Gasteiger partial charge >= 0.3 is 35.7 Å². The number of benzene rings is 4. The fourth-order valence-corrected chi connectivity index (χ4v) is 15.3. The fraction of sp³-hybridized carbons (Fsp3) is 0.446. The molecular weight excluding hydrogens is 1680 g/mol. The van der Waals surface area contributed by atoms with Crippen molar-refractivity contribution in [3.8, 4) is 46.5 Å². The highest BCUT2D eigenvalue weighted by Gasteiger charge is 2.64. The van der Waals surface area contributed by atoms with Crippen molar-refractivity contribution in [3.05, 3.63) is 194 Å². The molecule has 2 N–H and O–H groups in total. The Morgan fingerprint density at radius 2 is 0.638 bits per heavy atom. The van der Waals surface area contributed by atoms with Crippen molar-refractivity contribution >= 4 is 133 Å². The molecule has 0 unspecified atom stereocenters. The van der Waals surface area contributed by atoms with Gasteiger partial charge in [-0.3, -0.25) is 14.4 Å². The molecule has 127 heavy (non-hydrogen) atoms. The van der Waals surface area contributed by atoms with E-state index in [1.807, 2.05) is 129 Å². The van der Waals surface area contributed by atoms with Gasteiger partial charge in [-0.1, -0.05) is 34.1 Å². The summed E-state index contributed by atoms with van der Waals surface area (Å²) in [4.78, 5) is 75.6. The molecule has 35 heteroatoms.